The molecule has 0 radical (unpaired) electrons. The zero-order chi connectivity index (χ0) is 48.6. The van der Waals surface area contributed by atoms with Crippen molar-refractivity contribution in [2.75, 3.05) is 20.1 Å². The maximum absolute atomic E-state index is 12.9. The van der Waals surface area contributed by atoms with Crippen LogP contribution in [0.15, 0.2) is 109 Å². The van der Waals surface area contributed by atoms with Crippen LogP contribution in [0, 0.1) is 0 Å². The number of rotatable bonds is 10. The van der Waals surface area contributed by atoms with Crippen molar-refractivity contribution in [3.63, 3.8) is 0 Å². The second kappa shape index (κ2) is 21.1. The molecule has 5 aromatic carbocycles. The van der Waals surface area contributed by atoms with Gasteiger partial charge in [-0.2, -0.15) is 26.3 Å². The van der Waals surface area contributed by atoms with Crippen LogP contribution in [0.2, 0.25) is 0 Å². The van der Waals surface area contributed by atoms with Crippen molar-refractivity contribution in [1.29, 1.82) is 0 Å². The van der Waals surface area contributed by atoms with E-state index >= 15 is 0 Å². The summed E-state index contributed by atoms with van der Waals surface area (Å²) in [6, 6.07) is 26.0. The van der Waals surface area contributed by atoms with Gasteiger partial charge in [-0.1, -0.05) is 62.4 Å². The van der Waals surface area contributed by atoms with Gasteiger partial charge in [0.15, 0.2) is 0 Å². The van der Waals surface area contributed by atoms with Gasteiger partial charge in [0, 0.05) is 51.7 Å². The highest BCUT2D eigenvalue weighted by atomic mass is 19.4. The molecule has 9 nitrogen and oxygen atoms in total. The summed E-state index contributed by atoms with van der Waals surface area (Å²) >= 11 is 0. The molecule has 1 aliphatic carbocycles. The highest BCUT2D eigenvalue weighted by Gasteiger charge is 2.31. The van der Waals surface area contributed by atoms with E-state index in [1.165, 1.54) is 35.4 Å². The summed E-state index contributed by atoms with van der Waals surface area (Å²) in [4.78, 5) is 42.8. The van der Waals surface area contributed by atoms with Crippen molar-refractivity contribution in [2.45, 2.75) is 91.4 Å². The molecule has 1 aliphatic rings. The Morgan fingerprint density at radius 3 is 1.86 bits per heavy atom. The Labute approximate surface area is 383 Å². The molecule has 1 saturated carbocycles. The van der Waals surface area contributed by atoms with Gasteiger partial charge in [0.25, 0.3) is 11.8 Å². The zero-order valence-electron chi connectivity index (χ0n) is 38.1. The van der Waals surface area contributed by atoms with E-state index in [9.17, 15) is 40.7 Å². The predicted octanol–water partition coefficient (Wildman–Crippen LogP) is 13.2. The van der Waals surface area contributed by atoms with Gasteiger partial charge in [0.05, 0.1) is 28.3 Å². The SMILES string of the molecule is CC.CC(C)NC(=O)c1cnc2c(-c3ccc(C(F)(F)F)cc3)cc(OC3CC3)cc2c1.CN(CCNC(=O)c1ccc2c(-c3ccc(C(F)(F)F)cc3)cccc2c1)C(=O)OC(C)(C)C.[HH].[HH]. The Balaban J connectivity index is 0.000000340. The summed E-state index contributed by atoms with van der Waals surface area (Å²) in [5.41, 5.74) is 2.13. The monoisotopic (exact) mass is 920 g/mol. The van der Waals surface area contributed by atoms with Crippen LogP contribution in [0.1, 0.15) is 96.0 Å². The average molecular weight is 921 g/mol. The first-order valence-electron chi connectivity index (χ1n) is 21.6. The van der Waals surface area contributed by atoms with Crippen LogP contribution in [0.3, 0.4) is 0 Å². The molecule has 3 amide bonds. The van der Waals surface area contributed by atoms with E-state index < -0.39 is 35.2 Å². The number of halogens is 6. The molecule has 6 aromatic rings. The lowest BCUT2D eigenvalue weighted by molar-refractivity contribution is -0.138. The summed E-state index contributed by atoms with van der Waals surface area (Å²) < 4.78 is 88.6. The number of fused-ring (bicyclic) bond motifs is 2. The van der Waals surface area contributed by atoms with Crippen LogP contribution >= 0.6 is 0 Å². The zero-order valence-corrected chi connectivity index (χ0v) is 38.1. The normalized spacial score (nSPS) is 12.7. The van der Waals surface area contributed by atoms with Crippen molar-refractivity contribution < 1.29 is 53.1 Å². The molecule has 0 unspecified atom stereocenters. The van der Waals surface area contributed by atoms with E-state index in [4.69, 9.17) is 9.47 Å². The third-order valence-electron chi connectivity index (χ3n) is 9.89. The van der Waals surface area contributed by atoms with E-state index in [2.05, 4.69) is 15.6 Å². The van der Waals surface area contributed by atoms with Gasteiger partial charge in [-0.25, -0.2) is 4.79 Å². The Morgan fingerprint density at radius 1 is 0.742 bits per heavy atom. The minimum Gasteiger partial charge on any atom is -0.490 e. The van der Waals surface area contributed by atoms with Crippen molar-refractivity contribution in [3.8, 4) is 28.0 Å². The largest absolute Gasteiger partial charge is 0.490 e. The lowest BCUT2D eigenvalue weighted by atomic mass is 9.96. The first-order valence-corrected chi connectivity index (χ1v) is 21.6. The molecule has 0 saturated heterocycles. The van der Waals surface area contributed by atoms with E-state index in [1.807, 2.05) is 45.9 Å². The number of nitrogens with zero attached hydrogens (tertiary/aromatic N) is 2. The number of amides is 3. The molecule has 2 N–H and O–H groups in total. The summed E-state index contributed by atoms with van der Waals surface area (Å²) in [7, 11) is 1.60. The van der Waals surface area contributed by atoms with Gasteiger partial charge < -0.3 is 25.0 Å². The van der Waals surface area contributed by atoms with Gasteiger partial charge >= 0.3 is 18.4 Å². The number of hydrogen-bond acceptors (Lipinski definition) is 6. The number of nitrogens with one attached hydrogen (secondary N) is 2. The van der Waals surface area contributed by atoms with Crippen LogP contribution in [-0.2, 0) is 17.1 Å². The molecule has 15 heteroatoms. The molecule has 0 spiro atoms. The number of benzene rings is 5. The maximum atomic E-state index is 12.9. The molecule has 1 fully saturated rings. The van der Waals surface area contributed by atoms with Crippen molar-refractivity contribution in [1.82, 2.24) is 20.5 Å². The second-order valence-corrected chi connectivity index (χ2v) is 16.8. The van der Waals surface area contributed by atoms with Crippen LogP contribution < -0.4 is 15.4 Å². The topological polar surface area (TPSA) is 110 Å². The first kappa shape index (κ1) is 50.4. The summed E-state index contributed by atoms with van der Waals surface area (Å²) in [5.74, 6) is 0.0894. The smallest absolute Gasteiger partial charge is 0.416 e. The number of carbonyl (C=O) groups is 3. The Bertz CT molecular complexity index is 2650. The predicted molar refractivity (Wildman–Crippen MR) is 250 cm³/mol. The Kier molecular flexibility index (Phi) is 16.1. The number of pyridine rings is 1. The van der Waals surface area contributed by atoms with E-state index in [1.54, 1.807) is 64.2 Å². The number of alkyl halides is 6. The fourth-order valence-electron chi connectivity index (χ4n) is 6.58. The van der Waals surface area contributed by atoms with Crippen LogP contribution in [0.25, 0.3) is 43.9 Å². The number of hydrogen-bond donors (Lipinski definition) is 2. The highest BCUT2D eigenvalue weighted by molar-refractivity contribution is 6.03. The van der Waals surface area contributed by atoms with Crippen LogP contribution in [-0.4, -0.2) is 65.7 Å². The summed E-state index contributed by atoms with van der Waals surface area (Å²) in [6.45, 7) is 13.6. The third kappa shape index (κ3) is 13.7. The van der Waals surface area contributed by atoms with E-state index in [0.717, 1.165) is 53.4 Å². The minimum atomic E-state index is -4.39. The van der Waals surface area contributed by atoms with Gasteiger partial charge in [-0.05, 0) is 130 Å². The van der Waals surface area contributed by atoms with Crippen molar-refractivity contribution in [2.24, 2.45) is 0 Å². The Hall–Kier alpha value is -6.64. The van der Waals surface area contributed by atoms with Crippen molar-refractivity contribution in [3.05, 3.63) is 132 Å². The fraction of sp³-hybridized carbons (Fsp3) is 0.333. The molecule has 0 atom stereocenters. The highest BCUT2D eigenvalue weighted by Crippen LogP contribution is 2.38. The Morgan fingerprint density at radius 2 is 1.32 bits per heavy atom. The average Bonchev–Trinajstić information content (AvgIpc) is 4.09. The summed E-state index contributed by atoms with van der Waals surface area (Å²) in [5, 5.41) is 7.92. The molecule has 0 bridgehead atoms. The van der Waals surface area contributed by atoms with Crippen LogP contribution in [0.4, 0.5) is 31.1 Å². The van der Waals surface area contributed by atoms with Gasteiger partial charge in [0.1, 0.15) is 11.4 Å². The second-order valence-electron chi connectivity index (χ2n) is 16.8. The molecule has 1 heterocycles. The molecule has 66 heavy (non-hydrogen) atoms. The van der Waals surface area contributed by atoms with Gasteiger partial charge in [-0.3, -0.25) is 14.6 Å². The first-order chi connectivity index (χ1) is 31.1. The van der Waals surface area contributed by atoms with Crippen LogP contribution in [0.5, 0.6) is 5.75 Å². The lowest BCUT2D eigenvalue weighted by Crippen LogP contribution is -2.39. The molecular formula is C51H58F6N4O5. The van der Waals surface area contributed by atoms with E-state index in [0.29, 0.717) is 44.5 Å². The standard InChI is InChI=1S/C26H27F3N2O3.C23H21F3N2O2.C2H6.2H2/c1-25(2,3)34-24(33)31(4)15-14-30-23(32)19-10-13-22-18(16-19)6-5-7-21(22)17-8-11-20(12-9-17)26(27,28)29;1-13(2)28-22(29)16-9-15-10-19(30-18-7-8-18)11-20(21(15)27-12-16)14-3-5-17(6-4-14)23(24,25)26;1-2;;/h5-13,16H,14-15H2,1-4H3,(H,30,32);3-6,9-13,18H,7-8H2,1-2H3,(H,28,29);1-2H3;2*1H. The number of aromatic nitrogens is 1. The lowest BCUT2D eigenvalue weighted by Gasteiger charge is -2.24. The summed E-state index contributed by atoms with van der Waals surface area (Å²) in [6.07, 6.45) is -5.66. The fourth-order valence-corrected chi connectivity index (χ4v) is 6.58. The minimum absolute atomic E-state index is 0. The number of carbonyl (C=O) groups excluding carboxylic acids is 3. The molecule has 1 aromatic heterocycles. The number of ether oxygens (including phenoxy) is 2. The van der Waals surface area contributed by atoms with E-state index in [-0.39, 0.29) is 39.9 Å². The molecule has 7 rings (SSSR count). The molecule has 354 valence electrons. The quantitative estimate of drug-likeness (QED) is 0.132. The van der Waals surface area contributed by atoms with Gasteiger partial charge in [0.2, 0.25) is 0 Å². The number of likely N-dealkylation sites (N-methyl/N-ethyl adjacent to an activating group) is 1. The maximum Gasteiger partial charge on any atom is 0.416 e. The van der Waals surface area contributed by atoms with Crippen molar-refractivity contribution >= 4 is 39.6 Å². The third-order valence-corrected chi connectivity index (χ3v) is 9.89. The molecule has 0 aliphatic heterocycles. The molecular weight excluding hydrogens is 863 g/mol. The van der Waals surface area contributed by atoms with Gasteiger partial charge in [-0.15, -0.1) is 0 Å².